The van der Waals surface area contributed by atoms with Crippen molar-refractivity contribution >= 4 is 0 Å². The molecule has 1 fully saturated rings. The standard InChI is InChI=1S/C13H20N2O/c1-14-10-12-4-2-3-5-13(12)11-15-6-8-16-9-7-15/h2-5,14H,6-11H2,1H3. The van der Waals surface area contributed by atoms with E-state index in [1.165, 1.54) is 11.1 Å². The van der Waals surface area contributed by atoms with E-state index in [1.54, 1.807) is 0 Å². The van der Waals surface area contributed by atoms with Gasteiger partial charge in [0.2, 0.25) is 0 Å². The van der Waals surface area contributed by atoms with E-state index in [-0.39, 0.29) is 0 Å². The van der Waals surface area contributed by atoms with Crippen molar-refractivity contribution in [3.63, 3.8) is 0 Å². The van der Waals surface area contributed by atoms with Gasteiger partial charge in [0, 0.05) is 26.2 Å². The van der Waals surface area contributed by atoms with Crippen LogP contribution in [0.1, 0.15) is 11.1 Å². The van der Waals surface area contributed by atoms with E-state index in [0.717, 1.165) is 39.4 Å². The van der Waals surface area contributed by atoms with Gasteiger partial charge in [-0.1, -0.05) is 24.3 Å². The van der Waals surface area contributed by atoms with Gasteiger partial charge >= 0.3 is 0 Å². The summed E-state index contributed by atoms with van der Waals surface area (Å²) in [6.07, 6.45) is 0. The van der Waals surface area contributed by atoms with E-state index in [9.17, 15) is 0 Å². The summed E-state index contributed by atoms with van der Waals surface area (Å²) in [5.74, 6) is 0. The van der Waals surface area contributed by atoms with Gasteiger partial charge in [0.05, 0.1) is 13.2 Å². The fourth-order valence-corrected chi connectivity index (χ4v) is 2.07. The van der Waals surface area contributed by atoms with Crippen molar-refractivity contribution in [1.29, 1.82) is 0 Å². The zero-order chi connectivity index (χ0) is 11.2. The monoisotopic (exact) mass is 220 g/mol. The van der Waals surface area contributed by atoms with E-state index >= 15 is 0 Å². The number of nitrogens with zero attached hydrogens (tertiary/aromatic N) is 1. The minimum absolute atomic E-state index is 0.869. The van der Waals surface area contributed by atoms with Crippen LogP contribution >= 0.6 is 0 Å². The van der Waals surface area contributed by atoms with Crippen molar-refractivity contribution < 1.29 is 4.74 Å². The molecule has 0 atom stereocenters. The van der Waals surface area contributed by atoms with Crippen molar-refractivity contribution in [2.45, 2.75) is 13.1 Å². The maximum Gasteiger partial charge on any atom is 0.0594 e. The predicted octanol–water partition coefficient (Wildman–Crippen LogP) is 1.24. The number of rotatable bonds is 4. The second-order valence-corrected chi connectivity index (χ2v) is 4.19. The first-order valence-electron chi connectivity index (χ1n) is 5.91. The molecule has 16 heavy (non-hydrogen) atoms. The molecule has 1 aliphatic rings. The molecule has 1 aromatic rings. The first-order chi connectivity index (χ1) is 7.90. The largest absolute Gasteiger partial charge is 0.379 e. The molecule has 0 radical (unpaired) electrons. The van der Waals surface area contributed by atoms with E-state index in [0.29, 0.717) is 0 Å². The fraction of sp³-hybridized carbons (Fsp3) is 0.538. The van der Waals surface area contributed by atoms with Gasteiger partial charge in [0.15, 0.2) is 0 Å². The van der Waals surface area contributed by atoms with Crippen LogP contribution in [0.25, 0.3) is 0 Å². The highest BCUT2D eigenvalue weighted by Gasteiger charge is 2.11. The van der Waals surface area contributed by atoms with Crippen molar-refractivity contribution in [2.75, 3.05) is 33.4 Å². The molecule has 1 aliphatic heterocycles. The average Bonchev–Trinajstić information content (AvgIpc) is 2.33. The predicted molar refractivity (Wildman–Crippen MR) is 65.3 cm³/mol. The van der Waals surface area contributed by atoms with Crippen LogP contribution in [0.3, 0.4) is 0 Å². The molecule has 0 saturated carbocycles. The van der Waals surface area contributed by atoms with E-state index in [4.69, 9.17) is 4.74 Å². The van der Waals surface area contributed by atoms with Gasteiger partial charge in [0.25, 0.3) is 0 Å². The Morgan fingerprint density at radius 3 is 2.56 bits per heavy atom. The molecule has 0 aromatic heterocycles. The molecular weight excluding hydrogens is 200 g/mol. The van der Waals surface area contributed by atoms with Gasteiger partial charge in [-0.05, 0) is 18.2 Å². The zero-order valence-electron chi connectivity index (χ0n) is 9.91. The molecule has 0 amide bonds. The van der Waals surface area contributed by atoms with Gasteiger partial charge in [-0.3, -0.25) is 4.90 Å². The van der Waals surface area contributed by atoms with Crippen LogP contribution in [0, 0.1) is 0 Å². The number of morpholine rings is 1. The Hall–Kier alpha value is -0.900. The summed E-state index contributed by atoms with van der Waals surface area (Å²) >= 11 is 0. The third kappa shape index (κ3) is 3.04. The van der Waals surface area contributed by atoms with Crippen molar-refractivity contribution in [2.24, 2.45) is 0 Å². The Morgan fingerprint density at radius 1 is 1.19 bits per heavy atom. The highest BCUT2D eigenvalue weighted by molar-refractivity contribution is 5.26. The average molecular weight is 220 g/mol. The topological polar surface area (TPSA) is 24.5 Å². The lowest BCUT2D eigenvalue weighted by atomic mass is 10.1. The molecule has 3 nitrogen and oxygen atoms in total. The Kier molecular flexibility index (Phi) is 4.34. The lowest BCUT2D eigenvalue weighted by Crippen LogP contribution is -2.36. The van der Waals surface area contributed by atoms with Crippen LogP contribution in [-0.2, 0) is 17.8 Å². The number of ether oxygens (including phenoxy) is 1. The minimum atomic E-state index is 0.869. The Balaban J connectivity index is 2.01. The molecule has 88 valence electrons. The summed E-state index contributed by atoms with van der Waals surface area (Å²) in [5.41, 5.74) is 2.83. The van der Waals surface area contributed by atoms with Gasteiger partial charge in [-0.15, -0.1) is 0 Å². The summed E-state index contributed by atoms with van der Waals surface area (Å²) in [6, 6.07) is 8.65. The minimum Gasteiger partial charge on any atom is -0.379 e. The smallest absolute Gasteiger partial charge is 0.0594 e. The lowest BCUT2D eigenvalue weighted by molar-refractivity contribution is 0.0340. The molecule has 1 saturated heterocycles. The summed E-state index contributed by atoms with van der Waals surface area (Å²) in [5, 5.41) is 3.22. The molecule has 3 heteroatoms. The quantitative estimate of drug-likeness (QED) is 0.826. The van der Waals surface area contributed by atoms with Gasteiger partial charge < -0.3 is 10.1 Å². The number of hydrogen-bond donors (Lipinski definition) is 1. The van der Waals surface area contributed by atoms with Crippen molar-refractivity contribution in [1.82, 2.24) is 10.2 Å². The SMILES string of the molecule is CNCc1ccccc1CN1CCOCC1. The Morgan fingerprint density at radius 2 is 1.88 bits per heavy atom. The summed E-state index contributed by atoms with van der Waals surface area (Å²) < 4.78 is 5.36. The first-order valence-corrected chi connectivity index (χ1v) is 5.91. The van der Waals surface area contributed by atoms with E-state index < -0.39 is 0 Å². The number of nitrogens with one attached hydrogen (secondary N) is 1. The maximum atomic E-state index is 5.36. The second kappa shape index (κ2) is 5.99. The normalized spacial score (nSPS) is 17.6. The van der Waals surface area contributed by atoms with Crippen LogP contribution in [0.2, 0.25) is 0 Å². The molecule has 0 spiro atoms. The van der Waals surface area contributed by atoms with Crippen molar-refractivity contribution in [3.05, 3.63) is 35.4 Å². The van der Waals surface area contributed by atoms with E-state index in [2.05, 4.69) is 34.5 Å². The van der Waals surface area contributed by atoms with Crippen LogP contribution in [0.5, 0.6) is 0 Å². The Bertz CT molecular complexity index is 321. The number of hydrogen-bond acceptors (Lipinski definition) is 3. The first kappa shape index (κ1) is 11.6. The summed E-state index contributed by atoms with van der Waals surface area (Å²) in [4.78, 5) is 2.46. The third-order valence-corrected chi connectivity index (χ3v) is 2.98. The number of benzene rings is 1. The summed E-state index contributed by atoms with van der Waals surface area (Å²) in [7, 11) is 1.99. The molecule has 0 unspecified atom stereocenters. The zero-order valence-corrected chi connectivity index (χ0v) is 9.91. The molecule has 0 bridgehead atoms. The molecule has 2 rings (SSSR count). The maximum absolute atomic E-state index is 5.36. The van der Waals surface area contributed by atoms with Gasteiger partial charge in [-0.2, -0.15) is 0 Å². The van der Waals surface area contributed by atoms with Crippen LogP contribution < -0.4 is 5.32 Å². The molecule has 0 aliphatic carbocycles. The molecule has 1 aromatic carbocycles. The van der Waals surface area contributed by atoms with Gasteiger partial charge in [-0.25, -0.2) is 0 Å². The lowest BCUT2D eigenvalue weighted by Gasteiger charge is -2.27. The van der Waals surface area contributed by atoms with Crippen LogP contribution in [-0.4, -0.2) is 38.3 Å². The fourth-order valence-electron chi connectivity index (χ4n) is 2.07. The van der Waals surface area contributed by atoms with Crippen LogP contribution in [0.4, 0.5) is 0 Å². The van der Waals surface area contributed by atoms with Crippen LogP contribution in [0.15, 0.2) is 24.3 Å². The highest BCUT2D eigenvalue weighted by Crippen LogP contribution is 2.12. The molecule has 1 heterocycles. The summed E-state index contributed by atoms with van der Waals surface area (Å²) in [6.45, 7) is 5.83. The third-order valence-electron chi connectivity index (χ3n) is 2.98. The van der Waals surface area contributed by atoms with E-state index in [1.807, 2.05) is 7.05 Å². The highest BCUT2D eigenvalue weighted by atomic mass is 16.5. The molecule has 1 N–H and O–H groups in total. The Labute approximate surface area is 97.4 Å². The van der Waals surface area contributed by atoms with Gasteiger partial charge in [0.1, 0.15) is 0 Å². The second-order valence-electron chi connectivity index (χ2n) is 4.19. The van der Waals surface area contributed by atoms with Crippen molar-refractivity contribution in [3.8, 4) is 0 Å². The molecular formula is C13H20N2O.